The summed E-state index contributed by atoms with van der Waals surface area (Å²) < 4.78 is 47.9. The van der Waals surface area contributed by atoms with E-state index in [1.165, 1.54) is 24.5 Å². The molecule has 38 heavy (non-hydrogen) atoms. The number of alkyl halides is 1. The number of rotatable bonds is 10. The first kappa shape index (κ1) is 28.0. The van der Waals surface area contributed by atoms with Gasteiger partial charge in [-0.2, -0.15) is 5.21 Å². The summed E-state index contributed by atoms with van der Waals surface area (Å²) >= 11 is 0. The monoisotopic (exact) mass is 554 g/mol. The van der Waals surface area contributed by atoms with E-state index < -0.39 is 43.4 Å². The molecular weight excluding hydrogens is 522 g/mol. The van der Waals surface area contributed by atoms with Crippen molar-refractivity contribution >= 4 is 30.5 Å². The van der Waals surface area contributed by atoms with Crippen LogP contribution in [0.2, 0.25) is 0 Å². The molecule has 4 heterocycles. The Kier molecular flexibility index (Phi) is 7.79. The third kappa shape index (κ3) is 5.67. The van der Waals surface area contributed by atoms with Gasteiger partial charge in [-0.1, -0.05) is 12.1 Å². The molecule has 0 saturated carbocycles. The molecule has 1 fully saturated rings. The molecular formula is C21H32FN10O5P. The van der Waals surface area contributed by atoms with Crippen molar-refractivity contribution in [1.82, 2.24) is 45.2 Å². The van der Waals surface area contributed by atoms with Crippen molar-refractivity contribution in [2.45, 2.75) is 71.7 Å². The number of anilines is 1. The number of hydrogen-bond donors (Lipinski definition) is 3. The van der Waals surface area contributed by atoms with Gasteiger partial charge < -0.3 is 19.7 Å². The van der Waals surface area contributed by atoms with Gasteiger partial charge in [0.1, 0.15) is 17.4 Å². The van der Waals surface area contributed by atoms with E-state index in [1.807, 2.05) is 0 Å². The van der Waals surface area contributed by atoms with E-state index in [2.05, 4.69) is 40.7 Å². The summed E-state index contributed by atoms with van der Waals surface area (Å²) in [6.07, 6.45) is -2.60. The second-order valence-electron chi connectivity index (χ2n) is 9.89. The molecule has 208 valence electrons. The Morgan fingerprint density at radius 1 is 1.39 bits per heavy atom. The van der Waals surface area contributed by atoms with Crippen LogP contribution in [0.4, 0.5) is 10.2 Å². The standard InChI is InChI=1S/C21H32FN10O5P/c1-10(2)36-20(33)11(3)29-38(6,34)35-8-13-21(5,7-14-27-30-31-28-14)16(22)19(37-13)32-9-24-15-17(23)25-12(4)26-18(15)32/h9-11,13,16,19H,7-8H2,1-6H3,(H,29,34)(H2,23,25,26)(H,27,28,30,31)/t11-,13+,16?,19+,21-,38?/m0/s1. The van der Waals surface area contributed by atoms with Gasteiger partial charge >= 0.3 is 5.97 Å². The number of aromatic amines is 1. The number of H-pyrrole nitrogens is 1. The van der Waals surface area contributed by atoms with E-state index in [0.717, 1.165) is 0 Å². The van der Waals surface area contributed by atoms with E-state index in [4.69, 9.17) is 19.7 Å². The number of nitrogen functional groups attached to an aromatic ring is 1. The predicted molar refractivity (Wildman–Crippen MR) is 133 cm³/mol. The third-order valence-corrected chi connectivity index (χ3v) is 7.79. The van der Waals surface area contributed by atoms with Gasteiger partial charge in [-0.3, -0.25) is 13.9 Å². The van der Waals surface area contributed by atoms with Gasteiger partial charge in [0.05, 0.1) is 25.1 Å². The summed E-state index contributed by atoms with van der Waals surface area (Å²) in [5.74, 6) is 0.252. The van der Waals surface area contributed by atoms with Crippen molar-refractivity contribution < 1.29 is 27.7 Å². The molecule has 0 radical (unpaired) electrons. The van der Waals surface area contributed by atoms with Crippen molar-refractivity contribution in [2.75, 3.05) is 19.0 Å². The molecule has 1 aliphatic heterocycles. The van der Waals surface area contributed by atoms with Crippen LogP contribution in [-0.2, 0) is 29.8 Å². The number of nitrogens with one attached hydrogen (secondary N) is 2. The number of carbonyl (C=O) groups excluding carboxylic acids is 1. The van der Waals surface area contributed by atoms with E-state index in [9.17, 15) is 9.36 Å². The van der Waals surface area contributed by atoms with Crippen molar-refractivity contribution in [2.24, 2.45) is 5.41 Å². The average Bonchev–Trinajstić information content (AvgIpc) is 3.52. The molecule has 0 bridgehead atoms. The largest absolute Gasteiger partial charge is 0.462 e. The van der Waals surface area contributed by atoms with Crippen molar-refractivity contribution in [1.29, 1.82) is 0 Å². The number of hydrogen-bond acceptors (Lipinski definition) is 12. The van der Waals surface area contributed by atoms with Crippen LogP contribution in [0.5, 0.6) is 0 Å². The average molecular weight is 555 g/mol. The first-order valence-electron chi connectivity index (χ1n) is 12.0. The number of ether oxygens (including phenoxy) is 2. The zero-order valence-electron chi connectivity index (χ0n) is 22.0. The van der Waals surface area contributed by atoms with Crippen LogP contribution < -0.4 is 10.8 Å². The number of imidazole rings is 1. The summed E-state index contributed by atoms with van der Waals surface area (Å²) in [4.78, 5) is 24.9. The summed E-state index contributed by atoms with van der Waals surface area (Å²) in [5, 5.41) is 16.5. The minimum atomic E-state index is -3.54. The summed E-state index contributed by atoms with van der Waals surface area (Å²) in [5.41, 5.74) is 5.37. The normalized spacial score (nSPS) is 26.1. The molecule has 15 nitrogen and oxygen atoms in total. The van der Waals surface area contributed by atoms with Crippen molar-refractivity contribution in [3.8, 4) is 0 Å². The second kappa shape index (κ2) is 10.6. The molecule has 2 unspecified atom stereocenters. The molecule has 1 saturated heterocycles. The van der Waals surface area contributed by atoms with E-state index >= 15 is 4.39 Å². The van der Waals surface area contributed by atoms with Gasteiger partial charge in [-0.15, -0.1) is 10.2 Å². The molecule has 3 aromatic rings. The van der Waals surface area contributed by atoms with Crippen LogP contribution >= 0.6 is 7.52 Å². The van der Waals surface area contributed by atoms with E-state index in [-0.39, 0.29) is 30.8 Å². The fraction of sp³-hybridized carbons (Fsp3) is 0.667. The van der Waals surface area contributed by atoms with Crippen LogP contribution in [-0.4, -0.2) is 83.8 Å². The number of esters is 1. The molecule has 3 aromatic heterocycles. The fourth-order valence-electron chi connectivity index (χ4n) is 4.37. The van der Waals surface area contributed by atoms with E-state index in [0.29, 0.717) is 17.0 Å². The summed E-state index contributed by atoms with van der Waals surface area (Å²) in [7, 11) is -3.54. The minimum Gasteiger partial charge on any atom is -0.462 e. The van der Waals surface area contributed by atoms with Crippen LogP contribution in [0.3, 0.4) is 0 Å². The lowest BCUT2D eigenvalue weighted by Gasteiger charge is -2.31. The highest BCUT2D eigenvalue weighted by atomic mass is 31.2. The highest BCUT2D eigenvalue weighted by molar-refractivity contribution is 7.56. The molecule has 17 heteroatoms. The smallest absolute Gasteiger partial charge is 0.323 e. The lowest BCUT2D eigenvalue weighted by molar-refractivity contribution is -0.149. The Labute approximate surface area is 217 Å². The van der Waals surface area contributed by atoms with Gasteiger partial charge in [0, 0.05) is 18.5 Å². The Hall–Kier alpha value is -3.07. The topological polar surface area (TPSA) is 198 Å². The zero-order chi connectivity index (χ0) is 27.8. The fourth-order valence-corrected chi connectivity index (χ4v) is 5.67. The van der Waals surface area contributed by atoms with Gasteiger partial charge in [0.15, 0.2) is 29.7 Å². The maximum absolute atomic E-state index is 16.3. The van der Waals surface area contributed by atoms with Gasteiger partial charge in [0.2, 0.25) is 0 Å². The minimum absolute atomic E-state index is 0.0382. The summed E-state index contributed by atoms with van der Waals surface area (Å²) in [6, 6.07) is -0.893. The molecule has 0 amide bonds. The molecule has 4 rings (SSSR count). The Bertz CT molecular complexity index is 1340. The second-order valence-corrected chi connectivity index (χ2v) is 12.1. The first-order valence-corrected chi connectivity index (χ1v) is 14.1. The molecule has 4 N–H and O–H groups in total. The maximum Gasteiger partial charge on any atom is 0.323 e. The highest BCUT2D eigenvalue weighted by Crippen LogP contribution is 2.50. The van der Waals surface area contributed by atoms with Crippen molar-refractivity contribution in [3.63, 3.8) is 0 Å². The Morgan fingerprint density at radius 3 is 2.79 bits per heavy atom. The summed E-state index contributed by atoms with van der Waals surface area (Å²) in [6.45, 7) is 9.33. The lowest BCUT2D eigenvalue weighted by Crippen LogP contribution is -2.41. The van der Waals surface area contributed by atoms with Crippen LogP contribution in [0.15, 0.2) is 6.33 Å². The van der Waals surface area contributed by atoms with E-state index in [1.54, 1.807) is 27.7 Å². The van der Waals surface area contributed by atoms with Crippen LogP contribution in [0.1, 0.15) is 45.6 Å². The lowest BCUT2D eigenvalue weighted by atomic mass is 9.78. The number of aromatic nitrogens is 8. The first-order chi connectivity index (χ1) is 17.8. The number of halogens is 1. The van der Waals surface area contributed by atoms with Crippen LogP contribution in [0.25, 0.3) is 11.2 Å². The SMILES string of the molecule is Cc1nc(N)c2ncn([C@@H]3O[C@H](COP(C)(=O)N[C@@H](C)C(=O)OC(C)C)[C@](C)(Cc4nn[nH]n4)C3F)c2n1. The Balaban J connectivity index is 1.58. The maximum atomic E-state index is 16.3. The molecule has 0 aromatic carbocycles. The zero-order valence-corrected chi connectivity index (χ0v) is 22.8. The number of nitrogens with zero attached hydrogens (tertiary/aromatic N) is 7. The molecule has 6 atom stereocenters. The van der Waals surface area contributed by atoms with Crippen molar-refractivity contribution in [3.05, 3.63) is 18.0 Å². The number of aryl methyl sites for hydroxylation is 1. The number of tetrazole rings is 1. The molecule has 0 aliphatic carbocycles. The highest BCUT2D eigenvalue weighted by Gasteiger charge is 2.56. The quantitative estimate of drug-likeness (QED) is 0.241. The van der Waals surface area contributed by atoms with Crippen LogP contribution in [0, 0.1) is 12.3 Å². The molecule has 1 aliphatic rings. The number of carbonyl (C=O) groups is 1. The number of fused-ring (bicyclic) bond motifs is 1. The number of nitrogens with two attached hydrogens (primary N) is 1. The predicted octanol–water partition coefficient (Wildman–Crippen LogP) is 1.48. The molecule has 0 spiro atoms. The van der Waals surface area contributed by atoms with Gasteiger partial charge in [-0.05, 0) is 27.7 Å². The Morgan fingerprint density at radius 2 is 2.13 bits per heavy atom. The van der Waals surface area contributed by atoms with Gasteiger partial charge in [0.25, 0.3) is 7.52 Å². The van der Waals surface area contributed by atoms with Gasteiger partial charge in [-0.25, -0.2) is 24.4 Å². The third-order valence-electron chi connectivity index (χ3n) is 6.29.